The zero-order chi connectivity index (χ0) is 15.7. The summed E-state index contributed by atoms with van der Waals surface area (Å²) < 4.78 is 12.2. The van der Waals surface area contributed by atoms with Crippen molar-refractivity contribution in [1.82, 2.24) is 0 Å². The van der Waals surface area contributed by atoms with E-state index in [0.29, 0.717) is 5.75 Å². The van der Waals surface area contributed by atoms with Crippen LogP contribution in [0.5, 0.6) is 0 Å². The van der Waals surface area contributed by atoms with E-state index in [1.165, 1.54) is 11.8 Å². The summed E-state index contributed by atoms with van der Waals surface area (Å²) in [4.78, 5) is 12.4. The van der Waals surface area contributed by atoms with Gasteiger partial charge in [-0.3, -0.25) is 4.79 Å². The van der Waals surface area contributed by atoms with Crippen molar-refractivity contribution >= 4 is 41.4 Å². The number of thiophene rings is 1. The van der Waals surface area contributed by atoms with Crippen LogP contribution < -0.4 is 0 Å². The zero-order valence-corrected chi connectivity index (χ0v) is 14.8. The van der Waals surface area contributed by atoms with Crippen molar-refractivity contribution in [3.63, 3.8) is 0 Å². The van der Waals surface area contributed by atoms with E-state index in [4.69, 9.17) is 9.31 Å². The Labute approximate surface area is 135 Å². The van der Waals surface area contributed by atoms with Crippen LogP contribution >= 0.6 is 23.1 Å². The molecule has 0 aliphatic carbocycles. The Hall–Kier alpha value is -0.555. The van der Waals surface area contributed by atoms with Gasteiger partial charge in [0.2, 0.25) is 0 Å². The Balaban J connectivity index is 2.22. The first kappa shape index (κ1) is 16.8. The fraction of sp³-hybridized carbons (Fsp3) is 0.533. The van der Waals surface area contributed by atoms with E-state index in [0.717, 1.165) is 10.3 Å². The fourth-order valence-electron chi connectivity index (χ4n) is 1.91. The third-order valence-corrected chi connectivity index (χ3v) is 5.57. The van der Waals surface area contributed by atoms with Crippen molar-refractivity contribution in [2.75, 3.05) is 5.75 Å². The number of hydrogen-bond acceptors (Lipinski definition) is 5. The molecule has 21 heavy (non-hydrogen) atoms. The van der Waals surface area contributed by atoms with Crippen LogP contribution in [0.4, 0.5) is 0 Å². The lowest BCUT2D eigenvalue weighted by Gasteiger charge is -2.32. The van der Waals surface area contributed by atoms with Crippen LogP contribution in [-0.4, -0.2) is 29.2 Å². The second-order valence-corrected chi connectivity index (χ2v) is 8.23. The van der Waals surface area contributed by atoms with Gasteiger partial charge in [0.05, 0.1) is 11.2 Å². The summed E-state index contributed by atoms with van der Waals surface area (Å²) in [6.45, 7) is 9.72. The third kappa shape index (κ3) is 4.00. The number of carbonyl (C=O) groups excluding carboxylic acids is 1. The predicted molar refractivity (Wildman–Crippen MR) is 91.5 cm³/mol. The van der Waals surface area contributed by atoms with E-state index in [2.05, 4.69) is 6.08 Å². The van der Waals surface area contributed by atoms with Crippen LogP contribution in [-0.2, 0) is 14.1 Å². The molecule has 6 heteroatoms. The number of carbonyl (C=O) groups is 1. The Morgan fingerprint density at radius 1 is 1.33 bits per heavy atom. The van der Waals surface area contributed by atoms with Gasteiger partial charge in [0, 0.05) is 17.6 Å². The summed E-state index contributed by atoms with van der Waals surface area (Å²) >= 11 is 2.95. The Morgan fingerprint density at radius 3 is 2.43 bits per heavy atom. The first-order valence-corrected chi connectivity index (χ1v) is 8.81. The van der Waals surface area contributed by atoms with Gasteiger partial charge in [0.15, 0.2) is 5.12 Å². The fourth-order valence-corrected chi connectivity index (χ4v) is 3.19. The molecule has 0 radical (unpaired) electrons. The second kappa shape index (κ2) is 6.28. The van der Waals surface area contributed by atoms with Crippen molar-refractivity contribution in [2.45, 2.75) is 45.8 Å². The van der Waals surface area contributed by atoms with E-state index in [1.807, 2.05) is 45.2 Å². The third-order valence-electron chi connectivity index (χ3n) is 3.87. The lowest BCUT2D eigenvalue weighted by atomic mass is 9.79. The van der Waals surface area contributed by atoms with Gasteiger partial charge in [0.25, 0.3) is 0 Å². The van der Waals surface area contributed by atoms with Crippen molar-refractivity contribution in [1.29, 1.82) is 0 Å². The molecule has 1 aliphatic heterocycles. The van der Waals surface area contributed by atoms with Crippen molar-refractivity contribution in [3.8, 4) is 0 Å². The van der Waals surface area contributed by atoms with Gasteiger partial charge in [0.1, 0.15) is 0 Å². The highest BCUT2D eigenvalue weighted by atomic mass is 32.2. The van der Waals surface area contributed by atoms with Crippen LogP contribution in [0.25, 0.3) is 6.08 Å². The molecule has 0 N–H and O–H groups in total. The number of rotatable bonds is 4. The minimum absolute atomic E-state index is 0.101. The highest BCUT2D eigenvalue weighted by molar-refractivity contribution is 8.13. The average molecular weight is 324 g/mol. The van der Waals surface area contributed by atoms with Crippen molar-refractivity contribution < 1.29 is 14.1 Å². The minimum Gasteiger partial charge on any atom is -0.400 e. The molecule has 0 saturated carbocycles. The first-order valence-electron chi connectivity index (χ1n) is 6.94. The topological polar surface area (TPSA) is 35.5 Å². The van der Waals surface area contributed by atoms with Gasteiger partial charge in [-0.05, 0) is 50.7 Å². The average Bonchev–Trinajstić information content (AvgIpc) is 2.91. The maximum atomic E-state index is 11.3. The van der Waals surface area contributed by atoms with Gasteiger partial charge in [-0.25, -0.2) is 0 Å². The maximum absolute atomic E-state index is 11.3. The minimum atomic E-state index is -0.399. The van der Waals surface area contributed by atoms with Crippen LogP contribution in [0.2, 0.25) is 0 Å². The highest BCUT2D eigenvalue weighted by Gasteiger charge is 2.52. The van der Waals surface area contributed by atoms with Crippen LogP contribution in [0.1, 0.15) is 39.5 Å². The maximum Gasteiger partial charge on any atom is 0.491 e. The quantitative estimate of drug-likeness (QED) is 0.783. The molecule has 2 rings (SSSR count). The molecule has 1 aromatic rings. The van der Waals surface area contributed by atoms with E-state index in [-0.39, 0.29) is 16.3 Å². The predicted octanol–water partition coefficient (Wildman–Crippen LogP) is 4.04. The van der Waals surface area contributed by atoms with Crippen LogP contribution in [0, 0.1) is 0 Å². The van der Waals surface area contributed by atoms with Gasteiger partial charge >= 0.3 is 7.12 Å². The van der Waals surface area contributed by atoms with Gasteiger partial charge in [-0.1, -0.05) is 17.8 Å². The summed E-state index contributed by atoms with van der Waals surface area (Å²) in [5.74, 6) is 0.587. The standard InChI is InChI=1S/C15H21BO3S2/c1-11(17)21-10-12(9-13-7-6-8-20-13)16-18-14(2,3)15(4,5)19-16/h6-9H,10H2,1-5H3. The van der Waals surface area contributed by atoms with E-state index in [9.17, 15) is 4.79 Å². The summed E-state index contributed by atoms with van der Waals surface area (Å²) in [5.41, 5.74) is 0.261. The van der Waals surface area contributed by atoms with Crippen molar-refractivity contribution in [2.24, 2.45) is 0 Å². The normalized spacial score (nSPS) is 20.8. The number of hydrogen-bond donors (Lipinski definition) is 0. The molecule has 0 spiro atoms. The van der Waals surface area contributed by atoms with E-state index >= 15 is 0 Å². The molecule has 114 valence electrons. The summed E-state index contributed by atoms with van der Waals surface area (Å²) in [5, 5.41) is 2.13. The smallest absolute Gasteiger partial charge is 0.400 e. The molecule has 0 aromatic carbocycles. The Bertz CT molecular complexity index is 519. The Kier molecular flexibility index (Phi) is 5.03. The molecule has 0 atom stereocenters. The zero-order valence-electron chi connectivity index (χ0n) is 13.1. The van der Waals surface area contributed by atoms with E-state index in [1.54, 1.807) is 18.3 Å². The summed E-state index contributed by atoms with van der Waals surface area (Å²) in [7, 11) is -0.399. The molecule has 0 bridgehead atoms. The lowest BCUT2D eigenvalue weighted by molar-refractivity contribution is -0.109. The first-order chi connectivity index (χ1) is 9.71. The van der Waals surface area contributed by atoms with Gasteiger partial charge in [-0.2, -0.15) is 0 Å². The highest BCUT2D eigenvalue weighted by Crippen LogP contribution is 2.39. The second-order valence-electron chi connectivity index (χ2n) is 6.10. The van der Waals surface area contributed by atoms with Crippen LogP contribution in [0.15, 0.2) is 23.0 Å². The molecule has 0 unspecified atom stereocenters. The van der Waals surface area contributed by atoms with Crippen molar-refractivity contribution in [3.05, 3.63) is 27.9 Å². The molecule has 1 aromatic heterocycles. The summed E-state index contributed by atoms with van der Waals surface area (Å²) in [6.07, 6.45) is 2.07. The molecule has 0 amide bonds. The summed E-state index contributed by atoms with van der Waals surface area (Å²) in [6, 6.07) is 4.06. The molecule has 2 heterocycles. The monoisotopic (exact) mass is 324 g/mol. The largest absolute Gasteiger partial charge is 0.491 e. The Morgan fingerprint density at radius 2 is 1.95 bits per heavy atom. The van der Waals surface area contributed by atoms with Crippen LogP contribution in [0.3, 0.4) is 0 Å². The van der Waals surface area contributed by atoms with Gasteiger partial charge < -0.3 is 9.31 Å². The SMILES string of the molecule is CC(=O)SCC(=Cc1cccs1)B1OC(C)(C)C(C)(C)O1. The molecular formula is C15H21BO3S2. The molecule has 1 fully saturated rings. The van der Waals surface area contributed by atoms with E-state index < -0.39 is 7.12 Å². The molecular weight excluding hydrogens is 303 g/mol. The molecule has 3 nitrogen and oxygen atoms in total. The van der Waals surface area contributed by atoms with Gasteiger partial charge in [-0.15, -0.1) is 11.3 Å². The molecule has 1 aliphatic rings. The molecule has 1 saturated heterocycles. The number of thioether (sulfide) groups is 1. The lowest BCUT2D eigenvalue weighted by Crippen LogP contribution is -2.41.